The second kappa shape index (κ2) is 8.50. The summed E-state index contributed by atoms with van der Waals surface area (Å²) in [5, 5.41) is 2.04. The zero-order chi connectivity index (χ0) is 21.1. The van der Waals surface area contributed by atoms with E-state index in [1.165, 1.54) is 6.92 Å². The molecule has 1 fully saturated rings. The number of allylic oxidation sites excluding steroid dienone is 2. The maximum Gasteiger partial charge on any atom is 0.308 e. The molecule has 0 saturated carbocycles. The van der Waals surface area contributed by atoms with E-state index in [1.807, 2.05) is 17.5 Å². The minimum Gasteiger partial charge on any atom is -0.452 e. The Hall–Kier alpha value is -3.10. The summed E-state index contributed by atoms with van der Waals surface area (Å²) in [6, 6.07) is 3.11. The SMILES string of the molecule is C[C@H](OC(=O)CCN1C(=O)[C@H]2CC=CC[C@H]2C1=O)C(=O)Nc1c(F)cccc1F. The average molecular weight is 406 g/mol. The number of fused-ring (bicyclic) bond motifs is 1. The number of esters is 1. The molecule has 0 spiro atoms. The van der Waals surface area contributed by atoms with E-state index < -0.39 is 35.3 Å². The van der Waals surface area contributed by atoms with Crippen LogP contribution in [0.5, 0.6) is 0 Å². The summed E-state index contributed by atoms with van der Waals surface area (Å²) < 4.78 is 32.1. The Labute approximate surface area is 165 Å². The highest BCUT2D eigenvalue weighted by Crippen LogP contribution is 2.35. The molecule has 3 amide bonds. The van der Waals surface area contributed by atoms with E-state index in [-0.39, 0.29) is 36.6 Å². The number of ether oxygens (including phenoxy) is 1. The van der Waals surface area contributed by atoms with Gasteiger partial charge in [-0.3, -0.25) is 24.1 Å². The first-order valence-electron chi connectivity index (χ1n) is 9.24. The van der Waals surface area contributed by atoms with Crippen molar-refractivity contribution in [2.75, 3.05) is 11.9 Å². The predicted molar refractivity (Wildman–Crippen MR) is 97.2 cm³/mol. The number of para-hydroxylation sites is 1. The van der Waals surface area contributed by atoms with Crippen LogP contribution < -0.4 is 5.32 Å². The number of carbonyl (C=O) groups excluding carboxylic acids is 4. The van der Waals surface area contributed by atoms with Gasteiger partial charge in [0.15, 0.2) is 6.10 Å². The van der Waals surface area contributed by atoms with Gasteiger partial charge in [-0.15, -0.1) is 0 Å². The first-order chi connectivity index (χ1) is 13.8. The van der Waals surface area contributed by atoms with Gasteiger partial charge in [-0.1, -0.05) is 18.2 Å². The maximum absolute atomic E-state index is 13.6. The van der Waals surface area contributed by atoms with Crippen molar-refractivity contribution in [1.29, 1.82) is 0 Å². The zero-order valence-electron chi connectivity index (χ0n) is 15.7. The molecule has 154 valence electrons. The van der Waals surface area contributed by atoms with Gasteiger partial charge < -0.3 is 10.1 Å². The molecule has 3 rings (SSSR count). The summed E-state index contributed by atoms with van der Waals surface area (Å²) in [4.78, 5) is 49.8. The average Bonchev–Trinajstić information content (AvgIpc) is 2.93. The Morgan fingerprint density at radius 1 is 1.14 bits per heavy atom. The molecule has 1 aromatic carbocycles. The summed E-state index contributed by atoms with van der Waals surface area (Å²) in [6.45, 7) is 1.11. The van der Waals surface area contributed by atoms with Gasteiger partial charge in [0.1, 0.15) is 17.3 Å². The van der Waals surface area contributed by atoms with Gasteiger partial charge in [0, 0.05) is 6.54 Å². The molecular weight excluding hydrogens is 386 g/mol. The van der Waals surface area contributed by atoms with E-state index in [2.05, 4.69) is 0 Å². The van der Waals surface area contributed by atoms with Gasteiger partial charge in [-0.2, -0.15) is 0 Å². The quantitative estimate of drug-likeness (QED) is 0.444. The third kappa shape index (κ3) is 4.33. The van der Waals surface area contributed by atoms with E-state index in [9.17, 15) is 28.0 Å². The predicted octanol–water partition coefficient (Wildman–Crippen LogP) is 2.18. The highest BCUT2D eigenvalue weighted by atomic mass is 19.1. The fraction of sp³-hybridized carbons (Fsp3) is 0.400. The molecule has 1 heterocycles. The summed E-state index contributed by atoms with van der Waals surface area (Å²) >= 11 is 0. The normalized spacial score (nSPS) is 21.7. The van der Waals surface area contributed by atoms with Crippen LogP contribution in [0.1, 0.15) is 26.2 Å². The van der Waals surface area contributed by atoms with Gasteiger partial charge >= 0.3 is 5.97 Å². The Morgan fingerprint density at radius 3 is 2.24 bits per heavy atom. The van der Waals surface area contributed by atoms with Gasteiger partial charge in [-0.25, -0.2) is 8.78 Å². The number of amides is 3. The number of likely N-dealkylation sites (tertiary alicyclic amines) is 1. The van der Waals surface area contributed by atoms with Crippen LogP contribution >= 0.6 is 0 Å². The van der Waals surface area contributed by atoms with Crippen molar-refractivity contribution >= 4 is 29.4 Å². The van der Waals surface area contributed by atoms with E-state index in [1.54, 1.807) is 0 Å². The van der Waals surface area contributed by atoms with Crippen LogP contribution in [0, 0.1) is 23.5 Å². The third-order valence-electron chi connectivity index (χ3n) is 5.03. The maximum atomic E-state index is 13.6. The Morgan fingerprint density at radius 2 is 1.69 bits per heavy atom. The number of nitrogens with zero attached hydrogens (tertiary/aromatic N) is 1. The van der Waals surface area contributed by atoms with Gasteiger partial charge in [0.2, 0.25) is 11.8 Å². The number of rotatable bonds is 6. The van der Waals surface area contributed by atoms with Crippen LogP contribution in [0.4, 0.5) is 14.5 Å². The molecule has 0 bridgehead atoms. The van der Waals surface area contributed by atoms with E-state index in [0.29, 0.717) is 12.8 Å². The highest BCUT2D eigenvalue weighted by Gasteiger charge is 2.47. The minimum absolute atomic E-state index is 0.139. The van der Waals surface area contributed by atoms with Crippen LogP contribution in [0.3, 0.4) is 0 Å². The van der Waals surface area contributed by atoms with Crippen molar-refractivity contribution in [3.8, 4) is 0 Å². The van der Waals surface area contributed by atoms with Crippen LogP contribution in [0.15, 0.2) is 30.4 Å². The molecule has 0 unspecified atom stereocenters. The smallest absolute Gasteiger partial charge is 0.308 e. The molecule has 7 nitrogen and oxygen atoms in total. The van der Waals surface area contributed by atoms with Gasteiger partial charge in [0.25, 0.3) is 5.91 Å². The molecule has 3 atom stereocenters. The van der Waals surface area contributed by atoms with Gasteiger partial charge in [-0.05, 0) is 31.9 Å². The molecule has 1 aromatic rings. The minimum atomic E-state index is -1.32. The summed E-state index contributed by atoms with van der Waals surface area (Å²) in [7, 11) is 0. The topological polar surface area (TPSA) is 92.8 Å². The standard InChI is InChI=1S/C20H20F2N2O5/c1-11(18(26)23-17-14(21)7-4-8-15(17)22)29-16(25)9-10-24-19(27)12-5-2-3-6-13(12)20(24)28/h2-4,7-8,11-13H,5-6,9-10H2,1H3,(H,23,26)/t11-,12-,13+/m0/s1. The molecule has 1 aliphatic heterocycles. The zero-order valence-corrected chi connectivity index (χ0v) is 15.7. The van der Waals surface area contributed by atoms with Crippen molar-refractivity contribution in [1.82, 2.24) is 4.90 Å². The molecule has 1 saturated heterocycles. The fourth-order valence-electron chi connectivity index (χ4n) is 3.44. The van der Waals surface area contributed by atoms with Crippen LogP contribution in [0.25, 0.3) is 0 Å². The molecule has 1 N–H and O–H groups in total. The highest BCUT2D eigenvalue weighted by molar-refractivity contribution is 6.05. The monoisotopic (exact) mass is 406 g/mol. The van der Waals surface area contributed by atoms with Crippen molar-refractivity contribution in [3.05, 3.63) is 42.0 Å². The molecular formula is C20H20F2N2O5. The van der Waals surface area contributed by atoms with Crippen molar-refractivity contribution in [2.45, 2.75) is 32.3 Å². The third-order valence-corrected chi connectivity index (χ3v) is 5.03. The lowest BCUT2D eigenvalue weighted by Crippen LogP contribution is -2.35. The first-order valence-corrected chi connectivity index (χ1v) is 9.24. The molecule has 2 aliphatic rings. The van der Waals surface area contributed by atoms with Crippen molar-refractivity contribution in [3.63, 3.8) is 0 Å². The number of benzene rings is 1. The molecule has 1 aliphatic carbocycles. The van der Waals surface area contributed by atoms with Gasteiger partial charge in [0.05, 0.1) is 18.3 Å². The first kappa shape index (κ1) is 20.6. The van der Waals surface area contributed by atoms with E-state index in [4.69, 9.17) is 4.74 Å². The molecule has 29 heavy (non-hydrogen) atoms. The van der Waals surface area contributed by atoms with E-state index >= 15 is 0 Å². The lowest BCUT2D eigenvalue weighted by atomic mass is 9.85. The van der Waals surface area contributed by atoms with Crippen LogP contribution in [-0.2, 0) is 23.9 Å². The Balaban J connectivity index is 1.51. The summed E-state index contributed by atoms with van der Waals surface area (Å²) in [6.07, 6.45) is 3.13. The number of nitrogens with one attached hydrogen (secondary N) is 1. The van der Waals surface area contributed by atoms with Crippen molar-refractivity contribution < 1.29 is 32.7 Å². The van der Waals surface area contributed by atoms with Crippen LogP contribution in [0.2, 0.25) is 0 Å². The van der Waals surface area contributed by atoms with E-state index in [0.717, 1.165) is 23.1 Å². The second-order valence-electron chi connectivity index (χ2n) is 6.95. The van der Waals surface area contributed by atoms with Crippen molar-refractivity contribution in [2.24, 2.45) is 11.8 Å². The van der Waals surface area contributed by atoms with Crippen LogP contribution in [-0.4, -0.2) is 41.2 Å². The lowest BCUT2D eigenvalue weighted by Gasteiger charge is -2.16. The Kier molecular flexibility index (Phi) is 6.05. The number of anilines is 1. The number of halogens is 2. The fourth-order valence-corrected chi connectivity index (χ4v) is 3.44. The largest absolute Gasteiger partial charge is 0.452 e. The number of carbonyl (C=O) groups is 4. The molecule has 9 heteroatoms. The number of hydrogen-bond donors (Lipinski definition) is 1. The molecule has 0 radical (unpaired) electrons. The summed E-state index contributed by atoms with van der Waals surface area (Å²) in [5.74, 6) is -5.02. The summed E-state index contributed by atoms with van der Waals surface area (Å²) in [5.41, 5.74) is -0.634. The number of imide groups is 1. The lowest BCUT2D eigenvalue weighted by molar-refractivity contribution is -0.154. The second-order valence-corrected chi connectivity index (χ2v) is 6.95. The Bertz CT molecular complexity index is 839. The molecule has 0 aromatic heterocycles. The number of hydrogen-bond acceptors (Lipinski definition) is 5.